The summed E-state index contributed by atoms with van der Waals surface area (Å²) in [7, 11) is 1.88. The quantitative estimate of drug-likeness (QED) is 0.814. The smallest absolute Gasteiger partial charge is 0.258 e. The molecular formula is C13H20N2O2. The first-order chi connectivity index (χ1) is 7.95. The van der Waals surface area contributed by atoms with Gasteiger partial charge in [-0.1, -0.05) is 17.7 Å². The number of hydrogen-bond acceptors (Lipinski definition) is 3. The summed E-state index contributed by atoms with van der Waals surface area (Å²) in [4.78, 5) is 11.0. The Morgan fingerprint density at radius 1 is 1.41 bits per heavy atom. The fraction of sp³-hybridized carbons (Fsp3) is 0.462. The van der Waals surface area contributed by atoms with E-state index in [1.54, 1.807) is 6.92 Å². The second-order valence-electron chi connectivity index (χ2n) is 4.21. The van der Waals surface area contributed by atoms with Crippen LogP contribution in [0, 0.1) is 6.92 Å². The van der Waals surface area contributed by atoms with E-state index < -0.39 is 12.0 Å². The summed E-state index contributed by atoms with van der Waals surface area (Å²) in [5, 5.41) is 3.16. The van der Waals surface area contributed by atoms with Gasteiger partial charge in [-0.2, -0.15) is 0 Å². The maximum Gasteiger partial charge on any atom is 0.258 e. The third kappa shape index (κ3) is 3.46. The Bertz CT molecular complexity index is 404. The van der Waals surface area contributed by atoms with E-state index in [2.05, 4.69) is 5.32 Å². The number of amides is 1. The van der Waals surface area contributed by atoms with Crippen LogP contribution in [0.25, 0.3) is 0 Å². The number of nitrogens with two attached hydrogens (primary N) is 1. The van der Waals surface area contributed by atoms with Crippen molar-refractivity contribution >= 4 is 5.91 Å². The van der Waals surface area contributed by atoms with Crippen molar-refractivity contribution in [1.82, 2.24) is 5.32 Å². The van der Waals surface area contributed by atoms with Crippen LogP contribution >= 0.6 is 0 Å². The van der Waals surface area contributed by atoms with E-state index in [-0.39, 0.29) is 6.04 Å². The van der Waals surface area contributed by atoms with Gasteiger partial charge in [-0.3, -0.25) is 4.79 Å². The maximum atomic E-state index is 11.0. The first kappa shape index (κ1) is 13.5. The number of primary amides is 1. The largest absolute Gasteiger partial charge is 0.481 e. The van der Waals surface area contributed by atoms with E-state index in [0.29, 0.717) is 5.75 Å². The summed E-state index contributed by atoms with van der Waals surface area (Å²) in [6.07, 6.45) is -0.625. The molecular weight excluding hydrogens is 216 g/mol. The van der Waals surface area contributed by atoms with Crippen LogP contribution in [-0.2, 0) is 4.79 Å². The third-order valence-corrected chi connectivity index (χ3v) is 2.77. The minimum Gasteiger partial charge on any atom is -0.481 e. The topological polar surface area (TPSA) is 64.3 Å². The Hall–Kier alpha value is -1.55. The molecule has 17 heavy (non-hydrogen) atoms. The molecule has 2 atom stereocenters. The molecule has 4 heteroatoms. The summed E-state index contributed by atoms with van der Waals surface area (Å²) in [6.45, 7) is 5.71. The third-order valence-electron chi connectivity index (χ3n) is 2.77. The molecule has 0 aliphatic rings. The second-order valence-corrected chi connectivity index (χ2v) is 4.21. The summed E-state index contributed by atoms with van der Waals surface area (Å²) < 4.78 is 5.57. The molecule has 1 aromatic carbocycles. The van der Waals surface area contributed by atoms with Crippen LogP contribution in [-0.4, -0.2) is 19.1 Å². The average molecular weight is 236 g/mol. The van der Waals surface area contributed by atoms with Gasteiger partial charge in [0.1, 0.15) is 5.75 Å². The zero-order valence-electron chi connectivity index (χ0n) is 10.8. The Balaban J connectivity index is 3.02. The highest BCUT2D eigenvalue weighted by Crippen LogP contribution is 2.26. The van der Waals surface area contributed by atoms with Gasteiger partial charge < -0.3 is 15.8 Å². The molecule has 0 aliphatic carbocycles. The minimum absolute atomic E-state index is 0.157. The van der Waals surface area contributed by atoms with Crippen LogP contribution in [0.4, 0.5) is 0 Å². The van der Waals surface area contributed by atoms with E-state index in [4.69, 9.17) is 10.5 Å². The number of ether oxygens (including phenoxy) is 1. The van der Waals surface area contributed by atoms with E-state index in [1.165, 1.54) is 0 Å². The molecule has 0 heterocycles. The lowest BCUT2D eigenvalue weighted by Crippen LogP contribution is -2.31. The summed E-state index contributed by atoms with van der Waals surface area (Å²) >= 11 is 0. The number of rotatable bonds is 5. The summed E-state index contributed by atoms with van der Waals surface area (Å²) in [5.74, 6) is 0.234. The number of carbonyl (C=O) groups is 1. The predicted molar refractivity (Wildman–Crippen MR) is 67.9 cm³/mol. The lowest BCUT2D eigenvalue weighted by atomic mass is 10.0. The number of carbonyl (C=O) groups excluding carboxylic acids is 1. The van der Waals surface area contributed by atoms with Crippen LogP contribution in [0.1, 0.15) is 31.0 Å². The lowest BCUT2D eigenvalue weighted by Gasteiger charge is -2.19. The van der Waals surface area contributed by atoms with Crippen LogP contribution in [0.3, 0.4) is 0 Å². The molecule has 0 aliphatic heterocycles. The number of aryl methyl sites for hydroxylation is 1. The molecule has 2 unspecified atom stereocenters. The molecule has 0 bridgehead atoms. The van der Waals surface area contributed by atoms with Gasteiger partial charge >= 0.3 is 0 Å². The number of hydrogen-bond donors (Lipinski definition) is 2. The van der Waals surface area contributed by atoms with Gasteiger partial charge in [0.2, 0.25) is 0 Å². The number of nitrogens with one attached hydrogen (secondary N) is 1. The predicted octanol–water partition coefficient (Wildman–Crippen LogP) is 1.53. The SMILES string of the molecule is CNC(C)c1cc(C)ccc1OC(C)C(N)=O. The first-order valence-corrected chi connectivity index (χ1v) is 5.69. The van der Waals surface area contributed by atoms with Crippen LogP contribution < -0.4 is 15.8 Å². The van der Waals surface area contributed by atoms with Gasteiger partial charge in [0.05, 0.1) is 0 Å². The number of benzene rings is 1. The Morgan fingerprint density at radius 2 is 2.06 bits per heavy atom. The second kappa shape index (κ2) is 5.68. The highest BCUT2D eigenvalue weighted by molar-refractivity contribution is 5.78. The molecule has 4 nitrogen and oxygen atoms in total. The van der Waals surface area contributed by atoms with Gasteiger partial charge in [0.15, 0.2) is 6.10 Å². The molecule has 0 saturated carbocycles. The molecule has 0 spiro atoms. The molecule has 1 aromatic rings. The average Bonchev–Trinajstić information content (AvgIpc) is 2.30. The zero-order chi connectivity index (χ0) is 13.0. The molecule has 0 saturated heterocycles. The van der Waals surface area contributed by atoms with E-state index in [0.717, 1.165) is 11.1 Å². The van der Waals surface area contributed by atoms with Gasteiger partial charge in [-0.25, -0.2) is 0 Å². The summed E-state index contributed by atoms with van der Waals surface area (Å²) in [6, 6.07) is 6.03. The highest BCUT2D eigenvalue weighted by Gasteiger charge is 2.15. The Kier molecular flexibility index (Phi) is 4.52. The normalized spacial score (nSPS) is 14.1. The standard InChI is InChI=1S/C13H20N2O2/c1-8-5-6-12(17-10(3)13(14)16)11(7-8)9(2)15-4/h5-7,9-10,15H,1-4H3,(H2,14,16). The van der Waals surface area contributed by atoms with Crippen molar-refractivity contribution < 1.29 is 9.53 Å². The van der Waals surface area contributed by atoms with Crippen molar-refractivity contribution in [2.75, 3.05) is 7.05 Å². The molecule has 1 rings (SSSR count). The van der Waals surface area contributed by atoms with Crippen molar-refractivity contribution in [2.24, 2.45) is 5.73 Å². The minimum atomic E-state index is -0.625. The fourth-order valence-corrected chi connectivity index (χ4v) is 1.52. The molecule has 3 N–H and O–H groups in total. The van der Waals surface area contributed by atoms with Gasteiger partial charge in [-0.15, -0.1) is 0 Å². The van der Waals surface area contributed by atoms with Crippen molar-refractivity contribution in [3.8, 4) is 5.75 Å². The van der Waals surface area contributed by atoms with Crippen molar-refractivity contribution in [2.45, 2.75) is 32.9 Å². The van der Waals surface area contributed by atoms with Crippen LogP contribution in [0.5, 0.6) is 5.75 Å². The van der Waals surface area contributed by atoms with Crippen molar-refractivity contribution in [1.29, 1.82) is 0 Å². The van der Waals surface area contributed by atoms with Crippen LogP contribution in [0.15, 0.2) is 18.2 Å². The molecule has 0 fully saturated rings. The highest BCUT2D eigenvalue weighted by atomic mass is 16.5. The van der Waals surface area contributed by atoms with Crippen LogP contribution in [0.2, 0.25) is 0 Å². The Morgan fingerprint density at radius 3 is 2.59 bits per heavy atom. The van der Waals surface area contributed by atoms with Gasteiger partial charge in [0, 0.05) is 11.6 Å². The lowest BCUT2D eigenvalue weighted by molar-refractivity contribution is -0.124. The monoisotopic (exact) mass is 236 g/mol. The van der Waals surface area contributed by atoms with Gasteiger partial charge in [0.25, 0.3) is 5.91 Å². The maximum absolute atomic E-state index is 11.0. The summed E-state index contributed by atoms with van der Waals surface area (Å²) in [5.41, 5.74) is 7.38. The molecule has 1 amide bonds. The van der Waals surface area contributed by atoms with Crippen molar-refractivity contribution in [3.63, 3.8) is 0 Å². The first-order valence-electron chi connectivity index (χ1n) is 5.69. The fourth-order valence-electron chi connectivity index (χ4n) is 1.52. The van der Waals surface area contributed by atoms with Crippen molar-refractivity contribution in [3.05, 3.63) is 29.3 Å². The Labute approximate surface area is 102 Å². The molecule has 94 valence electrons. The van der Waals surface area contributed by atoms with E-state index in [1.807, 2.05) is 39.1 Å². The van der Waals surface area contributed by atoms with E-state index in [9.17, 15) is 4.79 Å². The molecule has 0 radical (unpaired) electrons. The zero-order valence-corrected chi connectivity index (χ0v) is 10.8. The molecule has 0 aromatic heterocycles. The van der Waals surface area contributed by atoms with E-state index >= 15 is 0 Å². The van der Waals surface area contributed by atoms with Gasteiger partial charge in [-0.05, 0) is 33.9 Å².